The summed E-state index contributed by atoms with van der Waals surface area (Å²) in [6.07, 6.45) is 70.0. The van der Waals surface area contributed by atoms with Crippen molar-refractivity contribution in [3.63, 3.8) is 0 Å². The number of aliphatic hydroxyl groups is 7. The van der Waals surface area contributed by atoms with E-state index < -0.39 is 5.60 Å². The molecule has 0 aliphatic heterocycles. The van der Waals surface area contributed by atoms with Gasteiger partial charge >= 0.3 is 29.6 Å². The number of aliphatic hydroxyl groups excluding tert-OH is 3. The third-order valence-corrected chi connectivity index (χ3v) is 50.2. The third-order valence-electron chi connectivity index (χ3n) is 50.2. The Labute approximate surface area is 800 Å². The molecule has 20 aliphatic carbocycles. The number of fused-ring (bicyclic) bond motifs is 20. The molecule has 20 saturated carbocycles. The Kier molecular flexibility index (Phi) is 30.9. The van der Waals surface area contributed by atoms with Crippen molar-refractivity contribution in [1.29, 1.82) is 0 Å². The van der Waals surface area contributed by atoms with Gasteiger partial charge in [-0.2, -0.15) is 0 Å². The maximum atomic E-state index is 13.3. The molecule has 20 fully saturated rings. The number of carbonyl (C=O) groups is 1. The van der Waals surface area contributed by atoms with E-state index in [-0.39, 0.29) is 80.4 Å². The van der Waals surface area contributed by atoms with Crippen LogP contribution in [0.25, 0.3) is 0 Å². The van der Waals surface area contributed by atoms with E-state index in [1.807, 2.05) is 0 Å². The second kappa shape index (κ2) is 38.6. The van der Waals surface area contributed by atoms with Crippen molar-refractivity contribution >= 4 is 14.2 Å². The maximum Gasteiger partial charge on any atom is 1.00 e. The first-order valence-corrected chi connectivity index (χ1v) is 56.3. The summed E-state index contributed by atoms with van der Waals surface area (Å²) >= 11 is 0. The summed E-state index contributed by atoms with van der Waals surface area (Å²) in [5, 5.41) is 77.9. The summed E-state index contributed by atoms with van der Waals surface area (Å²) < 4.78 is 0. The second-order valence-electron chi connectivity index (χ2n) is 54.0. The van der Waals surface area contributed by atoms with Gasteiger partial charge in [0, 0.05) is 20.2 Å². The minimum Gasteiger partial charge on any atom is -1.00 e. The van der Waals surface area contributed by atoms with Gasteiger partial charge in [0.25, 0.3) is 0 Å². The third kappa shape index (κ3) is 17.6. The van der Waals surface area contributed by atoms with Crippen molar-refractivity contribution in [1.82, 2.24) is 0 Å². The molecule has 0 saturated heterocycles. The van der Waals surface area contributed by atoms with Crippen LogP contribution >= 0.6 is 0 Å². The van der Waals surface area contributed by atoms with Crippen molar-refractivity contribution in [3.05, 3.63) is 0 Å². The van der Waals surface area contributed by atoms with Gasteiger partial charge in [0.1, 0.15) is 5.78 Å². The van der Waals surface area contributed by atoms with Crippen LogP contribution in [0.4, 0.5) is 0 Å². The van der Waals surface area contributed by atoms with Crippen LogP contribution in [0.3, 0.4) is 0 Å². The number of carbonyl (C=O) groups excluding carboxylic acids is 1. The van der Waals surface area contributed by atoms with E-state index in [9.17, 15) is 40.5 Å². The van der Waals surface area contributed by atoms with Crippen LogP contribution in [-0.2, 0) is 4.79 Å². The van der Waals surface area contributed by atoms with Crippen molar-refractivity contribution < 1.29 is 71.5 Å². The molecule has 3 radical (unpaired) electrons. The standard InChI is InChI=1S/3C29H50O2.C29H48O2.B.Na.H/c4*1-5-29(31)17-16-27(3)21(18-29)10-11-22-24-13-12-23(28(24,4)15-14-25(22)27)19(2)26(30)20-8-6-7-9-20;;;/h3*19-26,30-31H,5-18H2,1-4H3;19-25,31H,5-18H2,1-4H3;;;/q;;;;;+1;-1/t2*19-,21-,22-,23+,24-,25-,26+,27-,28+,29-;19-,21-,22-,23+,24-,25-,26-,27-,28+,29-;19-,21-,22-,23+,24-,25-,27-,28+,29-;;;/m0000.../s1. The molecule has 0 aromatic carbocycles. The molecule has 0 heterocycles. The topological polar surface area (TPSA) is 159 Å². The smallest absolute Gasteiger partial charge is 1.00 e. The second-order valence-corrected chi connectivity index (χ2v) is 54.0. The first-order chi connectivity index (χ1) is 58.9. The fourth-order valence-electron chi connectivity index (χ4n) is 41.8. The molecule has 8 nitrogen and oxygen atoms in total. The van der Waals surface area contributed by atoms with Crippen LogP contribution in [0, 0.1) is 209 Å². The molecular weight excluding hydrogens is 1560 g/mol. The van der Waals surface area contributed by atoms with Gasteiger partial charge in [-0.15, -0.1) is 0 Å². The molecule has 0 unspecified atom stereocenters. The van der Waals surface area contributed by atoms with E-state index in [0.717, 1.165) is 202 Å². The molecule has 126 heavy (non-hydrogen) atoms. The molecule has 715 valence electrons. The Morgan fingerprint density at radius 2 is 0.492 bits per heavy atom. The quantitative estimate of drug-likeness (QED) is 0.0753. The summed E-state index contributed by atoms with van der Waals surface area (Å²) in [5.41, 5.74) is 1.99. The molecule has 0 spiro atoms. The average molecular weight is 1760 g/mol. The first-order valence-electron chi connectivity index (χ1n) is 56.3. The van der Waals surface area contributed by atoms with Gasteiger partial charge in [0.05, 0.1) is 40.7 Å². The zero-order valence-electron chi connectivity index (χ0n) is 86.1. The molecule has 7 N–H and O–H groups in total. The van der Waals surface area contributed by atoms with E-state index in [4.69, 9.17) is 0 Å². The van der Waals surface area contributed by atoms with Gasteiger partial charge in [-0.1, -0.05) is 162 Å². The minimum atomic E-state index is -0.394. The Hall–Kier alpha value is 0.455. The van der Waals surface area contributed by atoms with Crippen molar-refractivity contribution in [2.75, 3.05) is 0 Å². The summed E-state index contributed by atoms with van der Waals surface area (Å²) in [5.74, 6) is 20.6. The van der Waals surface area contributed by atoms with Gasteiger partial charge in [-0.3, -0.25) is 4.79 Å². The van der Waals surface area contributed by atoms with Crippen molar-refractivity contribution in [3.8, 4) is 0 Å². The minimum absolute atomic E-state index is 0. The number of hydrogen-bond acceptors (Lipinski definition) is 8. The summed E-state index contributed by atoms with van der Waals surface area (Å²) in [6, 6.07) is 0. The van der Waals surface area contributed by atoms with Gasteiger partial charge in [-0.05, 0) is 505 Å². The largest absolute Gasteiger partial charge is 1.00 e. The van der Waals surface area contributed by atoms with Crippen LogP contribution in [0.15, 0.2) is 0 Å². The Balaban J connectivity index is 0.000000136. The first kappa shape index (κ1) is 101. The fraction of sp³-hybridized carbons (Fsp3) is 0.991. The molecule has 10 heteroatoms. The molecule has 20 aliphatic rings. The average Bonchev–Trinajstić information content (AvgIpc) is 1.68. The maximum absolute atomic E-state index is 13.3. The molecule has 39 atom stereocenters. The van der Waals surface area contributed by atoms with E-state index in [0.29, 0.717) is 96.4 Å². The van der Waals surface area contributed by atoms with Crippen molar-refractivity contribution in [2.24, 2.45) is 209 Å². The fourth-order valence-corrected chi connectivity index (χ4v) is 41.8. The Bertz CT molecular complexity index is 3330. The number of rotatable bonds is 16. The molecule has 20 rings (SSSR count). The molecular formula is C116H199BNaO8. The zero-order chi connectivity index (χ0) is 88.1. The van der Waals surface area contributed by atoms with E-state index in [2.05, 4.69) is 111 Å². The summed E-state index contributed by atoms with van der Waals surface area (Å²) in [4.78, 5) is 13.3. The number of Topliss-reactive ketones (excluding diaryl/α,β-unsaturated/α-hetero) is 1. The SMILES string of the molecule is CC[C@]1(O)CC[C@@]2(C)[C@@H](CC[C@@H]3[C@@H]2CC[C@]2(C)[C@@H]([C@H](C)C(=O)C4CCCC4)CC[C@@H]32)C1.CC[C@]1(O)CC[C@@]2(C)[C@@H](CC[C@@H]3[C@@H]2CC[C@]2(C)[C@@H]([C@H](C)[C@@H](O)C4CCCC4)CC[C@@H]32)C1.CC[C@]1(O)CC[C@@]2(C)[C@@H](CC[C@@H]3[C@@H]2CC[C@]2(C)[C@@H]([C@H](C)[C@@H](O)C4CCCC4)CC[C@@H]32)C1.CC[C@]1(O)CC[C@@]2(C)[C@@H](CC[C@@H]3[C@@H]2CC[C@]2(C)[C@@H]([C@H](C)[C@H](O)C4CCCC4)CC[C@@H]32)C1.[B].[H-].[Na+]. The molecule has 0 aromatic rings. The Morgan fingerprint density at radius 3 is 0.730 bits per heavy atom. The molecule has 0 amide bonds. The van der Waals surface area contributed by atoms with E-state index in [1.54, 1.807) is 0 Å². The van der Waals surface area contributed by atoms with E-state index >= 15 is 0 Å². The van der Waals surface area contributed by atoms with Gasteiger partial charge < -0.3 is 37.2 Å². The summed E-state index contributed by atoms with van der Waals surface area (Å²) in [7, 11) is 0. The van der Waals surface area contributed by atoms with Gasteiger partial charge in [0.2, 0.25) is 0 Å². The van der Waals surface area contributed by atoms with Crippen LogP contribution in [0.5, 0.6) is 0 Å². The van der Waals surface area contributed by atoms with E-state index in [1.165, 1.54) is 270 Å². The van der Waals surface area contributed by atoms with Gasteiger partial charge in [-0.25, -0.2) is 0 Å². The normalized spacial score (nSPS) is 51.1. The van der Waals surface area contributed by atoms with Crippen LogP contribution < -0.4 is 29.6 Å². The monoisotopic (exact) mass is 1750 g/mol. The zero-order valence-corrected chi connectivity index (χ0v) is 87.1. The van der Waals surface area contributed by atoms with Crippen molar-refractivity contribution in [2.45, 2.75) is 511 Å². The van der Waals surface area contributed by atoms with Crippen LogP contribution in [0.1, 0.15) is 472 Å². The predicted molar refractivity (Wildman–Crippen MR) is 516 cm³/mol. The Morgan fingerprint density at radius 1 is 0.278 bits per heavy atom. The number of ketones is 1. The molecule has 0 bridgehead atoms. The van der Waals surface area contributed by atoms with Crippen LogP contribution in [0.2, 0.25) is 0 Å². The predicted octanol–water partition coefficient (Wildman–Crippen LogP) is 24.8. The molecule has 0 aromatic heterocycles. The summed E-state index contributed by atoms with van der Waals surface area (Å²) in [6.45, 7) is 39.2. The van der Waals surface area contributed by atoms with Crippen LogP contribution in [-0.4, -0.2) is 90.7 Å². The van der Waals surface area contributed by atoms with Gasteiger partial charge in [0.15, 0.2) is 0 Å². The number of hydrogen-bond donors (Lipinski definition) is 7.